The van der Waals surface area contributed by atoms with Crippen LogP contribution in [0.15, 0.2) is 177 Å². The van der Waals surface area contributed by atoms with Gasteiger partial charge in [-0.1, -0.05) is 159 Å². The number of rotatable bonds is 10. The Bertz CT molecular complexity index is 2220. The van der Waals surface area contributed by atoms with Crippen molar-refractivity contribution >= 4 is 12.2 Å². The normalized spacial score (nSPS) is 11.3. The van der Waals surface area contributed by atoms with Crippen molar-refractivity contribution in [2.45, 2.75) is 13.8 Å². The second kappa shape index (κ2) is 14.9. The summed E-state index contributed by atoms with van der Waals surface area (Å²) < 4.78 is 2.29. The van der Waals surface area contributed by atoms with Crippen molar-refractivity contribution in [3.05, 3.63) is 200 Å². The Kier molecular flexibility index (Phi) is 9.62. The molecule has 0 aliphatic heterocycles. The van der Waals surface area contributed by atoms with E-state index in [1.54, 1.807) is 0 Å². The van der Waals surface area contributed by atoms with Gasteiger partial charge in [-0.05, 0) is 77.6 Å². The standard InChI is InChI=1S/C48H39N3/c1-5-7-19-46-34(3)35(4)47(20-8-6-2)51(46)43-31-29-41(30-32-43)45-33-44(40-25-21-38(22-26-40)36-15-11-9-12-16-36)49-48(50-45)42-27-23-39(24-28-42)37-17-13-10-14-18-37/h5-33H,1-2H2,3-4H3/b19-7-,20-8-. The van der Waals surface area contributed by atoms with Crippen molar-refractivity contribution in [3.63, 3.8) is 0 Å². The van der Waals surface area contributed by atoms with Crippen LogP contribution in [0.4, 0.5) is 0 Å². The summed E-state index contributed by atoms with van der Waals surface area (Å²) in [5.41, 5.74) is 15.2. The molecule has 2 aromatic heterocycles. The van der Waals surface area contributed by atoms with Gasteiger partial charge in [-0.15, -0.1) is 0 Å². The van der Waals surface area contributed by atoms with Gasteiger partial charge in [0, 0.05) is 33.8 Å². The summed E-state index contributed by atoms with van der Waals surface area (Å²) in [4.78, 5) is 10.3. The number of hydrogen-bond acceptors (Lipinski definition) is 2. The van der Waals surface area contributed by atoms with Crippen LogP contribution in [-0.2, 0) is 0 Å². The average molecular weight is 658 g/mol. The van der Waals surface area contributed by atoms with Crippen LogP contribution in [0, 0.1) is 13.8 Å². The van der Waals surface area contributed by atoms with E-state index >= 15 is 0 Å². The third kappa shape index (κ3) is 6.96. The van der Waals surface area contributed by atoms with Crippen molar-refractivity contribution in [3.8, 4) is 61.8 Å². The highest BCUT2D eigenvalue weighted by Crippen LogP contribution is 2.33. The van der Waals surface area contributed by atoms with Crippen LogP contribution >= 0.6 is 0 Å². The zero-order valence-corrected chi connectivity index (χ0v) is 29.0. The third-order valence-electron chi connectivity index (χ3n) is 9.28. The van der Waals surface area contributed by atoms with E-state index in [0.717, 1.165) is 50.7 Å². The fourth-order valence-corrected chi connectivity index (χ4v) is 6.40. The lowest BCUT2D eigenvalue weighted by Crippen LogP contribution is -2.00. The minimum absolute atomic E-state index is 0.684. The molecule has 0 spiro atoms. The molecule has 51 heavy (non-hydrogen) atoms. The van der Waals surface area contributed by atoms with Gasteiger partial charge in [-0.3, -0.25) is 0 Å². The van der Waals surface area contributed by atoms with E-state index in [4.69, 9.17) is 9.97 Å². The second-order valence-electron chi connectivity index (χ2n) is 12.4. The molecule has 3 heteroatoms. The highest BCUT2D eigenvalue weighted by Gasteiger charge is 2.17. The predicted molar refractivity (Wildman–Crippen MR) is 216 cm³/mol. The van der Waals surface area contributed by atoms with Gasteiger partial charge >= 0.3 is 0 Å². The molecule has 0 amide bonds. The van der Waals surface area contributed by atoms with Crippen LogP contribution in [0.5, 0.6) is 0 Å². The first-order valence-electron chi connectivity index (χ1n) is 17.2. The van der Waals surface area contributed by atoms with Crippen molar-refractivity contribution in [2.24, 2.45) is 0 Å². The Morgan fingerprint density at radius 2 is 0.824 bits per heavy atom. The molecule has 7 aromatic rings. The van der Waals surface area contributed by atoms with E-state index in [9.17, 15) is 0 Å². The molecule has 5 aromatic carbocycles. The summed E-state index contributed by atoms with van der Waals surface area (Å²) in [6.45, 7) is 12.1. The minimum atomic E-state index is 0.684. The summed E-state index contributed by atoms with van der Waals surface area (Å²) >= 11 is 0. The maximum atomic E-state index is 5.14. The molecule has 0 fully saturated rings. The van der Waals surface area contributed by atoms with E-state index in [-0.39, 0.29) is 0 Å². The van der Waals surface area contributed by atoms with Gasteiger partial charge in [-0.25, -0.2) is 9.97 Å². The van der Waals surface area contributed by atoms with Crippen molar-refractivity contribution in [1.29, 1.82) is 0 Å². The molecule has 0 aliphatic carbocycles. The molecule has 3 nitrogen and oxygen atoms in total. The Morgan fingerprint density at radius 1 is 0.451 bits per heavy atom. The molecule has 246 valence electrons. The zero-order chi connectivity index (χ0) is 35.2. The van der Waals surface area contributed by atoms with Crippen LogP contribution in [0.3, 0.4) is 0 Å². The van der Waals surface area contributed by atoms with E-state index in [2.05, 4.69) is 171 Å². The quantitative estimate of drug-likeness (QED) is 0.137. The van der Waals surface area contributed by atoms with Crippen molar-refractivity contribution in [1.82, 2.24) is 14.5 Å². The predicted octanol–water partition coefficient (Wildman–Crippen LogP) is 12.6. The molecule has 7 rings (SSSR count). The van der Waals surface area contributed by atoms with E-state index < -0.39 is 0 Å². The monoisotopic (exact) mass is 657 g/mol. The molecule has 0 saturated heterocycles. The SMILES string of the molecule is C=C/C=C\c1c(C)c(C)c(/C=C\C=C)n1-c1ccc(-c2cc(-c3ccc(-c4ccccc4)cc3)nc(-c3ccc(-c4ccccc4)cc3)n2)cc1. The van der Waals surface area contributed by atoms with E-state index in [1.807, 2.05) is 36.4 Å². The highest BCUT2D eigenvalue weighted by molar-refractivity contribution is 5.76. The largest absolute Gasteiger partial charge is 0.310 e. The van der Waals surface area contributed by atoms with E-state index in [0.29, 0.717) is 5.82 Å². The topological polar surface area (TPSA) is 30.7 Å². The fourth-order valence-electron chi connectivity index (χ4n) is 6.40. The lowest BCUT2D eigenvalue weighted by Gasteiger charge is -2.13. The molecule has 0 radical (unpaired) electrons. The molecule has 0 saturated carbocycles. The summed E-state index contributed by atoms with van der Waals surface area (Å²) in [6, 6.07) is 48.7. The first-order chi connectivity index (χ1) is 25.0. The number of allylic oxidation sites excluding steroid dienone is 4. The van der Waals surface area contributed by atoms with Gasteiger partial charge in [0.15, 0.2) is 5.82 Å². The maximum Gasteiger partial charge on any atom is 0.160 e. The third-order valence-corrected chi connectivity index (χ3v) is 9.28. The van der Waals surface area contributed by atoms with Crippen molar-refractivity contribution < 1.29 is 0 Å². The molecule has 0 unspecified atom stereocenters. The Morgan fingerprint density at radius 3 is 1.25 bits per heavy atom. The van der Waals surface area contributed by atoms with Gasteiger partial charge in [0.25, 0.3) is 0 Å². The maximum absolute atomic E-state index is 5.14. The van der Waals surface area contributed by atoms with Crippen LogP contribution in [0.1, 0.15) is 22.5 Å². The van der Waals surface area contributed by atoms with Crippen LogP contribution in [0.2, 0.25) is 0 Å². The Balaban J connectivity index is 1.31. The van der Waals surface area contributed by atoms with Crippen molar-refractivity contribution in [2.75, 3.05) is 0 Å². The molecule has 0 atom stereocenters. The first-order valence-corrected chi connectivity index (χ1v) is 17.2. The van der Waals surface area contributed by atoms with E-state index in [1.165, 1.54) is 27.8 Å². The second-order valence-corrected chi connectivity index (χ2v) is 12.4. The van der Waals surface area contributed by atoms with Gasteiger partial charge in [0.2, 0.25) is 0 Å². The summed E-state index contributed by atoms with van der Waals surface area (Å²) in [7, 11) is 0. The zero-order valence-electron chi connectivity index (χ0n) is 29.0. The Hall–Kier alpha value is -6.58. The smallest absolute Gasteiger partial charge is 0.160 e. The highest BCUT2D eigenvalue weighted by atomic mass is 15.0. The molecule has 2 heterocycles. The summed E-state index contributed by atoms with van der Waals surface area (Å²) in [5.74, 6) is 0.684. The number of benzene rings is 5. The van der Waals surface area contributed by atoms with Crippen LogP contribution < -0.4 is 0 Å². The lowest BCUT2D eigenvalue weighted by atomic mass is 10.0. The summed E-state index contributed by atoms with van der Waals surface area (Å²) in [5, 5.41) is 0. The lowest BCUT2D eigenvalue weighted by molar-refractivity contribution is 1.04. The number of hydrogen-bond donors (Lipinski definition) is 0. The first kappa shape index (κ1) is 32.9. The molecule has 0 N–H and O–H groups in total. The Labute approximate surface area is 301 Å². The van der Waals surface area contributed by atoms with Crippen LogP contribution in [0.25, 0.3) is 74.0 Å². The minimum Gasteiger partial charge on any atom is -0.310 e. The van der Waals surface area contributed by atoms with Gasteiger partial charge < -0.3 is 4.57 Å². The molecular formula is C48H39N3. The number of aromatic nitrogens is 3. The summed E-state index contributed by atoms with van der Waals surface area (Å²) in [6.07, 6.45) is 11.8. The molecule has 0 aliphatic rings. The van der Waals surface area contributed by atoms with Gasteiger partial charge in [0.05, 0.1) is 11.4 Å². The van der Waals surface area contributed by atoms with Gasteiger partial charge in [0.1, 0.15) is 0 Å². The number of nitrogens with zero attached hydrogens (tertiary/aromatic N) is 3. The van der Waals surface area contributed by atoms with Gasteiger partial charge in [-0.2, -0.15) is 0 Å². The molecule has 0 bridgehead atoms. The van der Waals surface area contributed by atoms with Crippen LogP contribution in [-0.4, -0.2) is 14.5 Å². The molecular weight excluding hydrogens is 619 g/mol. The fraction of sp³-hybridized carbons (Fsp3) is 0.0417. The average Bonchev–Trinajstić information content (AvgIpc) is 3.44.